The second kappa shape index (κ2) is 5.37. The fraction of sp³-hybridized carbons (Fsp3) is 1.00. The van der Waals surface area contributed by atoms with Crippen LogP contribution in [0.25, 0.3) is 0 Å². The molecule has 0 aromatic rings. The van der Waals surface area contributed by atoms with E-state index in [0.29, 0.717) is 5.92 Å². The predicted molar refractivity (Wildman–Crippen MR) is 79.0 cm³/mol. The van der Waals surface area contributed by atoms with Crippen LogP contribution in [0.3, 0.4) is 0 Å². The van der Waals surface area contributed by atoms with Gasteiger partial charge in [-0.15, -0.1) is 0 Å². The third-order valence-corrected chi connectivity index (χ3v) is 6.32. The normalized spacial score (nSPS) is 42.6. The van der Waals surface area contributed by atoms with Crippen molar-refractivity contribution >= 4 is 0 Å². The van der Waals surface area contributed by atoms with Crippen LogP contribution in [0, 0.1) is 11.8 Å². The molecule has 0 radical (unpaired) electrons. The van der Waals surface area contributed by atoms with E-state index in [-0.39, 0.29) is 11.1 Å². The summed E-state index contributed by atoms with van der Waals surface area (Å²) in [5.41, 5.74) is 7.25. The Morgan fingerprint density at radius 1 is 1.05 bits per heavy atom. The summed E-state index contributed by atoms with van der Waals surface area (Å²) in [6.45, 7) is 3.29. The van der Waals surface area contributed by atoms with E-state index >= 15 is 0 Å². The molecule has 3 aliphatic rings. The first kappa shape index (κ1) is 13.9. The van der Waals surface area contributed by atoms with Gasteiger partial charge in [0.15, 0.2) is 0 Å². The summed E-state index contributed by atoms with van der Waals surface area (Å²) in [7, 11) is 0. The lowest BCUT2D eigenvalue weighted by atomic mass is 9.64. The van der Waals surface area contributed by atoms with Crippen LogP contribution in [-0.4, -0.2) is 17.7 Å². The summed E-state index contributed by atoms with van der Waals surface area (Å²) in [5, 5.41) is 0. The Hall–Kier alpha value is -0.0800. The van der Waals surface area contributed by atoms with Gasteiger partial charge in [-0.3, -0.25) is 0 Å². The topological polar surface area (TPSA) is 35.2 Å². The van der Waals surface area contributed by atoms with Gasteiger partial charge in [-0.05, 0) is 50.4 Å². The summed E-state index contributed by atoms with van der Waals surface area (Å²) in [6.07, 6.45) is 14.3. The van der Waals surface area contributed by atoms with Crippen molar-refractivity contribution in [2.45, 2.75) is 88.7 Å². The third kappa shape index (κ3) is 2.71. The fourth-order valence-electron chi connectivity index (χ4n) is 5.07. The lowest BCUT2D eigenvalue weighted by Crippen LogP contribution is -2.55. The zero-order valence-electron chi connectivity index (χ0n) is 12.6. The fourth-order valence-corrected chi connectivity index (χ4v) is 5.07. The van der Waals surface area contributed by atoms with Gasteiger partial charge >= 0.3 is 0 Å². The molecule has 0 amide bonds. The van der Waals surface area contributed by atoms with E-state index in [0.717, 1.165) is 12.5 Å². The Kier molecular flexibility index (Phi) is 3.92. The van der Waals surface area contributed by atoms with Gasteiger partial charge in [-0.1, -0.05) is 39.0 Å². The van der Waals surface area contributed by atoms with Crippen molar-refractivity contribution < 1.29 is 4.74 Å². The molecule has 1 spiro atoms. The highest BCUT2D eigenvalue weighted by molar-refractivity contribution is 5.02. The van der Waals surface area contributed by atoms with Crippen molar-refractivity contribution in [1.29, 1.82) is 0 Å². The van der Waals surface area contributed by atoms with Crippen molar-refractivity contribution in [3.63, 3.8) is 0 Å². The summed E-state index contributed by atoms with van der Waals surface area (Å²) < 4.78 is 6.19. The largest absolute Gasteiger partial charge is 0.375 e. The van der Waals surface area contributed by atoms with Crippen LogP contribution in [0.1, 0.15) is 77.6 Å². The van der Waals surface area contributed by atoms with Crippen molar-refractivity contribution in [2.75, 3.05) is 6.61 Å². The van der Waals surface area contributed by atoms with Crippen LogP contribution in [0.15, 0.2) is 0 Å². The SMILES string of the molecule is CCC1CCCC(N)(C2CCOC3(CCCC3)C2)C1. The molecular formula is C17H31NO. The zero-order valence-corrected chi connectivity index (χ0v) is 12.6. The Morgan fingerprint density at radius 2 is 1.84 bits per heavy atom. The standard InChI is InChI=1S/C17H31NO/c1-2-14-6-5-10-17(18,12-14)15-7-11-19-16(13-15)8-3-4-9-16/h14-15H,2-13,18H2,1H3. The number of ether oxygens (including phenoxy) is 1. The lowest BCUT2D eigenvalue weighted by Gasteiger charge is -2.49. The molecule has 2 N–H and O–H groups in total. The van der Waals surface area contributed by atoms with Crippen LogP contribution < -0.4 is 5.73 Å². The van der Waals surface area contributed by atoms with Crippen molar-refractivity contribution in [2.24, 2.45) is 17.6 Å². The summed E-state index contributed by atoms with van der Waals surface area (Å²) in [4.78, 5) is 0. The first-order valence-corrected chi connectivity index (χ1v) is 8.59. The summed E-state index contributed by atoms with van der Waals surface area (Å²) >= 11 is 0. The summed E-state index contributed by atoms with van der Waals surface area (Å²) in [6, 6.07) is 0. The van der Waals surface area contributed by atoms with Gasteiger partial charge in [-0.25, -0.2) is 0 Å². The molecule has 2 saturated carbocycles. The molecule has 3 fully saturated rings. The maximum atomic E-state index is 6.90. The van der Waals surface area contributed by atoms with Gasteiger partial charge in [-0.2, -0.15) is 0 Å². The number of nitrogens with two attached hydrogens (primary N) is 1. The molecule has 3 rings (SSSR count). The van der Waals surface area contributed by atoms with Gasteiger partial charge in [0.2, 0.25) is 0 Å². The van der Waals surface area contributed by atoms with Crippen LogP contribution >= 0.6 is 0 Å². The monoisotopic (exact) mass is 265 g/mol. The molecule has 1 heterocycles. The molecule has 1 saturated heterocycles. The van der Waals surface area contributed by atoms with Gasteiger partial charge in [0, 0.05) is 12.1 Å². The molecule has 1 aliphatic heterocycles. The number of hydrogen-bond acceptors (Lipinski definition) is 2. The lowest BCUT2D eigenvalue weighted by molar-refractivity contribution is -0.109. The minimum absolute atomic E-state index is 0.123. The third-order valence-electron chi connectivity index (χ3n) is 6.32. The Bertz CT molecular complexity index is 310. The van der Waals surface area contributed by atoms with Gasteiger partial charge in [0.05, 0.1) is 5.60 Å². The van der Waals surface area contributed by atoms with Gasteiger partial charge in [0.25, 0.3) is 0 Å². The predicted octanol–water partition coefficient (Wildman–Crippen LogP) is 4.02. The molecule has 3 unspecified atom stereocenters. The van der Waals surface area contributed by atoms with E-state index in [9.17, 15) is 0 Å². The van der Waals surface area contributed by atoms with E-state index in [4.69, 9.17) is 10.5 Å². The van der Waals surface area contributed by atoms with Crippen molar-refractivity contribution in [1.82, 2.24) is 0 Å². The average molecular weight is 265 g/mol. The average Bonchev–Trinajstić information content (AvgIpc) is 2.87. The molecule has 2 nitrogen and oxygen atoms in total. The van der Waals surface area contributed by atoms with Crippen LogP contribution in [0.2, 0.25) is 0 Å². The maximum absolute atomic E-state index is 6.90. The minimum atomic E-state index is 0.123. The quantitative estimate of drug-likeness (QED) is 0.818. The molecular weight excluding hydrogens is 234 g/mol. The number of rotatable bonds is 2. The van der Waals surface area contributed by atoms with E-state index in [1.165, 1.54) is 70.6 Å². The number of hydrogen-bond donors (Lipinski definition) is 1. The van der Waals surface area contributed by atoms with Crippen LogP contribution in [0.5, 0.6) is 0 Å². The van der Waals surface area contributed by atoms with Crippen molar-refractivity contribution in [3.8, 4) is 0 Å². The molecule has 0 bridgehead atoms. The van der Waals surface area contributed by atoms with E-state index < -0.39 is 0 Å². The highest BCUT2D eigenvalue weighted by atomic mass is 16.5. The van der Waals surface area contributed by atoms with Crippen LogP contribution in [0.4, 0.5) is 0 Å². The van der Waals surface area contributed by atoms with Crippen LogP contribution in [-0.2, 0) is 4.74 Å². The second-order valence-electron chi connectivity index (χ2n) is 7.53. The molecule has 0 aromatic carbocycles. The summed E-state index contributed by atoms with van der Waals surface area (Å²) in [5.74, 6) is 1.59. The van der Waals surface area contributed by atoms with Gasteiger partial charge in [0.1, 0.15) is 0 Å². The van der Waals surface area contributed by atoms with E-state index in [1.54, 1.807) is 0 Å². The molecule has 110 valence electrons. The second-order valence-corrected chi connectivity index (χ2v) is 7.53. The minimum Gasteiger partial charge on any atom is -0.375 e. The Labute approximate surface area is 118 Å². The highest BCUT2D eigenvalue weighted by Crippen LogP contribution is 2.48. The van der Waals surface area contributed by atoms with Crippen molar-refractivity contribution in [3.05, 3.63) is 0 Å². The first-order valence-electron chi connectivity index (χ1n) is 8.59. The smallest absolute Gasteiger partial charge is 0.0685 e. The molecule has 2 aliphatic carbocycles. The zero-order chi connectivity index (χ0) is 13.3. The molecule has 19 heavy (non-hydrogen) atoms. The highest BCUT2D eigenvalue weighted by Gasteiger charge is 2.47. The first-order chi connectivity index (χ1) is 9.16. The van der Waals surface area contributed by atoms with E-state index in [2.05, 4.69) is 6.92 Å². The molecule has 2 heteroatoms. The Balaban J connectivity index is 1.69. The molecule has 0 aromatic heterocycles. The molecule has 3 atom stereocenters. The maximum Gasteiger partial charge on any atom is 0.0685 e. The van der Waals surface area contributed by atoms with Gasteiger partial charge < -0.3 is 10.5 Å². The Morgan fingerprint density at radius 3 is 2.58 bits per heavy atom. The van der Waals surface area contributed by atoms with E-state index in [1.807, 2.05) is 0 Å².